The second-order valence-electron chi connectivity index (χ2n) is 32.2. The number of phosphoric acid groups is 2. The fourth-order valence-corrected chi connectivity index (χ4v) is 15.2. The smallest absolute Gasteiger partial charge is 0.462 e. The number of carbonyl (C=O) groups excluding carboxylic acids is 4. The van der Waals surface area contributed by atoms with E-state index in [0.29, 0.717) is 25.7 Å². The Morgan fingerprint density at radius 3 is 0.642 bits per heavy atom. The van der Waals surface area contributed by atoms with Crippen LogP contribution in [-0.2, 0) is 65.4 Å². The van der Waals surface area contributed by atoms with Crippen molar-refractivity contribution in [3.8, 4) is 0 Å². The summed E-state index contributed by atoms with van der Waals surface area (Å²) in [6.45, 7) is 9.67. The van der Waals surface area contributed by atoms with E-state index in [-0.39, 0.29) is 25.7 Å². The Bertz CT molecular complexity index is 2030. The van der Waals surface area contributed by atoms with Gasteiger partial charge in [-0.1, -0.05) is 414 Å². The summed E-state index contributed by atoms with van der Waals surface area (Å²) in [5.41, 5.74) is 0. The molecule has 2 unspecified atom stereocenters. The molecule has 106 heavy (non-hydrogen) atoms. The highest BCUT2D eigenvalue weighted by Gasteiger charge is 2.30. The van der Waals surface area contributed by atoms with E-state index in [9.17, 15) is 43.2 Å². The quantitative estimate of drug-likeness (QED) is 0.0222. The Morgan fingerprint density at radius 1 is 0.255 bits per heavy atom. The molecule has 0 aliphatic carbocycles. The first-order valence-corrected chi connectivity index (χ1v) is 48.0. The van der Waals surface area contributed by atoms with Crippen LogP contribution < -0.4 is 0 Å². The Morgan fingerprint density at radius 2 is 0.434 bits per heavy atom. The summed E-state index contributed by atoms with van der Waals surface area (Å²) in [5.74, 6) is -0.568. The molecule has 19 heteroatoms. The second kappa shape index (κ2) is 78.3. The molecule has 0 aliphatic rings. The van der Waals surface area contributed by atoms with Gasteiger partial charge >= 0.3 is 39.5 Å². The Hall–Kier alpha value is -1.94. The Balaban J connectivity index is 5.24. The fraction of sp³-hybridized carbons (Fsp3) is 0.954. The first-order valence-electron chi connectivity index (χ1n) is 45.0. The minimum atomic E-state index is -4.97. The highest BCUT2D eigenvalue weighted by Crippen LogP contribution is 2.45. The van der Waals surface area contributed by atoms with Crippen LogP contribution in [0.5, 0.6) is 0 Å². The van der Waals surface area contributed by atoms with Crippen LogP contribution in [0.2, 0.25) is 0 Å². The molecule has 0 rings (SSSR count). The molecule has 0 aromatic heterocycles. The van der Waals surface area contributed by atoms with E-state index in [1.165, 1.54) is 283 Å². The van der Waals surface area contributed by atoms with E-state index in [2.05, 4.69) is 41.5 Å². The minimum absolute atomic E-state index is 0.108. The summed E-state index contributed by atoms with van der Waals surface area (Å²) in [7, 11) is -9.93. The average Bonchev–Trinajstić information content (AvgIpc) is 1.70. The molecule has 0 radical (unpaired) electrons. The predicted octanol–water partition coefficient (Wildman–Crippen LogP) is 26.6. The van der Waals surface area contributed by atoms with E-state index in [1.807, 2.05) is 0 Å². The highest BCUT2D eigenvalue weighted by atomic mass is 31.2. The van der Waals surface area contributed by atoms with Crippen molar-refractivity contribution in [2.45, 2.75) is 484 Å². The standard InChI is InChI=1S/C87H170O17P2/c1-7-9-11-13-15-17-19-21-23-25-26-27-29-33-38-42-46-54-60-66-71-86(91)103-82(75-97-84(89)69-63-57-51-44-40-36-34-30-31-35-39-43-49-55-61-67-79(3)4)77-101-105(93,94)99-73-81(88)74-100-106(95,96)102-78-83(76-98-85(90)70-64-58-52-48-47-50-56-62-68-80(5)6)104-87(92)72-65-59-53-45-41-37-32-28-24-22-20-18-16-14-12-10-8-2/h79-83,88H,7-78H2,1-6H3,(H,93,94)(H,95,96)/t81-,82-,83-/m1/s1. The van der Waals surface area contributed by atoms with Gasteiger partial charge in [-0.15, -0.1) is 0 Å². The fourth-order valence-electron chi connectivity index (χ4n) is 13.6. The van der Waals surface area contributed by atoms with Crippen LogP contribution in [0.1, 0.15) is 465 Å². The van der Waals surface area contributed by atoms with E-state index < -0.39 is 97.5 Å². The number of unbranched alkanes of at least 4 members (excludes halogenated alkanes) is 56. The monoisotopic (exact) mass is 1550 g/mol. The molecular formula is C87H170O17P2. The second-order valence-corrected chi connectivity index (χ2v) is 35.1. The molecule has 0 aromatic carbocycles. The maximum atomic E-state index is 13.2. The van der Waals surface area contributed by atoms with Crippen LogP contribution in [0.3, 0.4) is 0 Å². The van der Waals surface area contributed by atoms with Crippen LogP contribution in [0, 0.1) is 11.8 Å². The van der Waals surface area contributed by atoms with Gasteiger partial charge in [0.25, 0.3) is 0 Å². The van der Waals surface area contributed by atoms with Crippen molar-refractivity contribution in [2.75, 3.05) is 39.6 Å². The first kappa shape index (κ1) is 104. The summed E-state index contributed by atoms with van der Waals surface area (Å²) < 4.78 is 68.9. The third kappa shape index (κ3) is 80.1. The lowest BCUT2D eigenvalue weighted by Gasteiger charge is -2.21. The number of hydrogen-bond donors (Lipinski definition) is 3. The lowest BCUT2D eigenvalue weighted by atomic mass is 10.0. The maximum absolute atomic E-state index is 13.2. The van der Waals surface area contributed by atoms with E-state index in [1.54, 1.807) is 0 Å². The predicted molar refractivity (Wildman–Crippen MR) is 437 cm³/mol. The number of aliphatic hydroxyl groups excluding tert-OH is 1. The normalized spacial score (nSPS) is 13.8. The first-order chi connectivity index (χ1) is 51.4. The lowest BCUT2D eigenvalue weighted by molar-refractivity contribution is -0.161. The van der Waals surface area contributed by atoms with Crippen molar-refractivity contribution in [1.82, 2.24) is 0 Å². The van der Waals surface area contributed by atoms with Crippen molar-refractivity contribution < 1.29 is 80.2 Å². The molecule has 3 N–H and O–H groups in total. The van der Waals surface area contributed by atoms with Gasteiger partial charge in [-0.25, -0.2) is 9.13 Å². The molecular weight excluding hydrogens is 1380 g/mol. The van der Waals surface area contributed by atoms with Gasteiger partial charge in [0.1, 0.15) is 19.3 Å². The third-order valence-electron chi connectivity index (χ3n) is 20.5. The Kier molecular flexibility index (Phi) is 76.9. The Labute approximate surface area is 651 Å². The maximum Gasteiger partial charge on any atom is 0.472 e. The summed E-state index contributed by atoms with van der Waals surface area (Å²) in [5, 5.41) is 10.7. The summed E-state index contributed by atoms with van der Waals surface area (Å²) in [6, 6.07) is 0. The number of rotatable bonds is 86. The van der Waals surface area contributed by atoms with Crippen molar-refractivity contribution in [3.05, 3.63) is 0 Å². The number of carbonyl (C=O) groups is 4. The van der Waals surface area contributed by atoms with Crippen molar-refractivity contribution in [2.24, 2.45) is 11.8 Å². The average molecular weight is 1550 g/mol. The molecule has 0 fully saturated rings. The lowest BCUT2D eigenvalue weighted by Crippen LogP contribution is -2.30. The molecule has 0 heterocycles. The van der Waals surface area contributed by atoms with Crippen LogP contribution >= 0.6 is 15.6 Å². The summed E-state index contributed by atoms with van der Waals surface area (Å²) in [6.07, 6.45) is 70.9. The zero-order chi connectivity index (χ0) is 77.8. The summed E-state index contributed by atoms with van der Waals surface area (Å²) in [4.78, 5) is 73.3. The molecule has 17 nitrogen and oxygen atoms in total. The van der Waals surface area contributed by atoms with Gasteiger partial charge in [-0.05, 0) is 37.5 Å². The molecule has 5 atom stereocenters. The van der Waals surface area contributed by atoms with E-state index in [0.717, 1.165) is 102 Å². The topological polar surface area (TPSA) is 237 Å². The molecule has 0 bridgehead atoms. The van der Waals surface area contributed by atoms with Gasteiger partial charge < -0.3 is 33.8 Å². The van der Waals surface area contributed by atoms with Crippen LogP contribution in [0.4, 0.5) is 0 Å². The number of aliphatic hydroxyl groups is 1. The molecule has 0 saturated carbocycles. The highest BCUT2D eigenvalue weighted by molar-refractivity contribution is 7.47. The summed E-state index contributed by atoms with van der Waals surface area (Å²) >= 11 is 0. The van der Waals surface area contributed by atoms with Crippen molar-refractivity contribution >= 4 is 39.5 Å². The van der Waals surface area contributed by atoms with Crippen LogP contribution in [-0.4, -0.2) is 96.7 Å². The zero-order valence-corrected chi connectivity index (χ0v) is 71.5. The largest absolute Gasteiger partial charge is 0.472 e. The molecule has 630 valence electrons. The number of ether oxygens (including phenoxy) is 4. The van der Waals surface area contributed by atoms with E-state index >= 15 is 0 Å². The molecule has 0 aliphatic heterocycles. The zero-order valence-electron chi connectivity index (χ0n) is 69.7. The SMILES string of the molecule is CCCCCCCCCCCCCCCCCCCCCCC(=O)O[C@H](COC(=O)CCCCCCCCCCCCCCCCCC(C)C)COP(=O)(O)OC[C@@H](O)COP(=O)(O)OC[C@@H](COC(=O)CCCCCCCCCCC(C)C)OC(=O)CCCCCCCCCCCCCCCCCCC. The van der Waals surface area contributed by atoms with Crippen LogP contribution in [0.25, 0.3) is 0 Å². The van der Waals surface area contributed by atoms with Gasteiger partial charge in [0.15, 0.2) is 12.2 Å². The minimum Gasteiger partial charge on any atom is -0.462 e. The number of phosphoric ester groups is 2. The third-order valence-corrected chi connectivity index (χ3v) is 22.4. The molecule has 0 saturated heterocycles. The number of hydrogen-bond acceptors (Lipinski definition) is 15. The van der Waals surface area contributed by atoms with Crippen LogP contribution in [0.15, 0.2) is 0 Å². The van der Waals surface area contributed by atoms with Gasteiger partial charge in [-0.3, -0.25) is 37.3 Å². The van der Waals surface area contributed by atoms with Crippen molar-refractivity contribution in [1.29, 1.82) is 0 Å². The molecule has 0 aromatic rings. The number of esters is 4. The van der Waals surface area contributed by atoms with Gasteiger partial charge in [-0.2, -0.15) is 0 Å². The van der Waals surface area contributed by atoms with Gasteiger partial charge in [0.2, 0.25) is 0 Å². The molecule has 0 spiro atoms. The van der Waals surface area contributed by atoms with Gasteiger partial charge in [0.05, 0.1) is 26.4 Å². The van der Waals surface area contributed by atoms with Crippen molar-refractivity contribution in [3.63, 3.8) is 0 Å². The van der Waals surface area contributed by atoms with E-state index in [4.69, 9.17) is 37.0 Å². The van der Waals surface area contributed by atoms with Gasteiger partial charge in [0, 0.05) is 25.7 Å². The molecule has 0 amide bonds.